The maximum absolute atomic E-state index is 13.1. The van der Waals surface area contributed by atoms with Crippen molar-refractivity contribution in [3.05, 3.63) is 67.0 Å². The van der Waals surface area contributed by atoms with Gasteiger partial charge in [0.25, 0.3) is 0 Å². The average molecular weight is 583 g/mol. The van der Waals surface area contributed by atoms with Gasteiger partial charge >= 0.3 is 0 Å². The van der Waals surface area contributed by atoms with E-state index in [1.807, 2.05) is 11.0 Å². The molecule has 0 saturated carbocycles. The summed E-state index contributed by atoms with van der Waals surface area (Å²) in [6, 6.07) is 13.6. The molecule has 11 nitrogen and oxygen atoms in total. The van der Waals surface area contributed by atoms with Crippen molar-refractivity contribution in [3.8, 4) is 16.9 Å². The Balaban J connectivity index is 1.41. The van der Waals surface area contributed by atoms with Crippen LogP contribution in [0.3, 0.4) is 0 Å². The van der Waals surface area contributed by atoms with Crippen LogP contribution in [-0.4, -0.2) is 84.6 Å². The lowest BCUT2D eigenvalue weighted by Gasteiger charge is -2.35. The molecule has 2 heterocycles. The van der Waals surface area contributed by atoms with Crippen LogP contribution in [0.2, 0.25) is 0 Å². The molecule has 2 aromatic carbocycles. The second-order valence-corrected chi connectivity index (χ2v) is 13.0. The summed E-state index contributed by atoms with van der Waals surface area (Å²) in [6.07, 6.45) is 4.34. The van der Waals surface area contributed by atoms with Gasteiger partial charge in [0.05, 0.1) is 36.6 Å². The molecular weight excluding hydrogens is 551 g/mol. The second kappa shape index (κ2) is 11.7. The zero-order valence-electron chi connectivity index (χ0n) is 22.5. The zero-order chi connectivity index (χ0) is 29.1. The number of pyridine rings is 1. The van der Waals surface area contributed by atoms with Crippen LogP contribution in [0.1, 0.15) is 0 Å². The number of rotatable bonds is 9. The van der Waals surface area contributed by atoms with E-state index in [1.54, 1.807) is 62.7 Å². The number of anilines is 2. The fraction of sp³-hybridized carbons (Fsp3) is 0.231. The number of ether oxygens (including phenoxy) is 1. The predicted molar refractivity (Wildman–Crippen MR) is 161 cm³/mol. The number of para-hydroxylation sites is 1. The van der Waals surface area contributed by atoms with Gasteiger partial charge in [-0.15, -0.1) is 0 Å². The van der Waals surface area contributed by atoms with Gasteiger partial charge in [0.2, 0.25) is 20.0 Å². The van der Waals surface area contributed by atoms with Gasteiger partial charge in [-0.1, -0.05) is 24.8 Å². The molecule has 4 rings (SSSR count). The number of nitrogen functional groups attached to an aromatic ring is 1. The molecule has 0 radical (unpaired) electrons. The summed E-state index contributed by atoms with van der Waals surface area (Å²) in [4.78, 5) is 10.9. The van der Waals surface area contributed by atoms with E-state index >= 15 is 0 Å². The Kier molecular flexibility index (Phi) is 8.52. The van der Waals surface area contributed by atoms with E-state index in [0.717, 1.165) is 11.8 Å². The molecule has 0 amide bonds. The number of aliphatic imine (C=N–C) groups is 1. The van der Waals surface area contributed by atoms with Crippen LogP contribution in [0.4, 0.5) is 17.1 Å². The van der Waals surface area contributed by atoms with Gasteiger partial charge in [0, 0.05) is 49.2 Å². The third-order valence-corrected chi connectivity index (χ3v) is 8.96. The van der Waals surface area contributed by atoms with Crippen LogP contribution in [0.25, 0.3) is 11.1 Å². The molecule has 0 atom stereocenters. The highest BCUT2D eigenvalue weighted by atomic mass is 32.2. The number of nitrogens with zero attached hydrogens (tertiary/aromatic N) is 4. The van der Waals surface area contributed by atoms with E-state index in [2.05, 4.69) is 21.3 Å². The minimum atomic E-state index is -3.69. The van der Waals surface area contributed by atoms with Crippen molar-refractivity contribution in [1.29, 1.82) is 0 Å². The van der Waals surface area contributed by atoms with Crippen molar-refractivity contribution in [2.75, 3.05) is 50.0 Å². The maximum atomic E-state index is 13.1. The number of allylic oxidation sites excluding steroid dienone is 1. The molecule has 1 saturated heterocycles. The SMILES string of the molecule is Bc1ncc(-c2ccc(/N=C\C(=C)N3CCN(S(=O)(=O)c4ccccc4OC)CC3)c(N)c2)cc1NS(C)(=O)=O. The van der Waals surface area contributed by atoms with Crippen LogP contribution in [0.5, 0.6) is 5.75 Å². The lowest BCUT2D eigenvalue weighted by molar-refractivity contribution is 0.237. The van der Waals surface area contributed by atoms with Crippen LogP contribution < -0.4 is 20.8 Å². The fourth-order valence-electron chi connectivity index (χ4n) is 4.26. The normalized spacial score (nSPS) is 14.8. The number of hydrogen-bond donors (Lipinski definition) is 2. The number of sulfonamides is 2. The number of hydrogen-bond acceptors (Lipinski definition) is 9. The van der Waals surface area contributed by atoms with Crippen molar-refractivity contribution in [2.45, 2.75) is 4.90 Å². The van der Waals surface area contributed by atoms with Crippen molar-refractivity contribution < 1.29 is 21.6 Å². The molecule has 3 N–H and O–H groups in total. The highest BCUT2D eigenvalue weighted by Gasteiger charge is 2.30. The van der Waals surface area contributed by atoms with Crippen molar-refractivity contribution in [2.24, 2.45) is 4.99 Å². The van der Waals surface area contributed by atoms with Crippen molar-refractivity contribution in [1.82, 2.24) is 14.2 Å². The molecule has 1 aliphatic heterocycles. The van der Waals surface area contributed by atoms with Gasteiger partial charge in [-0.05, 0) is 35.9 Å². The summed E-state index contributed by atoms with van der Waals surface area (Å²) >= 11 is 0. The van der Waals surface area contributed by atoms with E-state index in [0.29, 0.717) is 65.8 Å². The Morgan fingerprint density at radius 2 is 1.80 bits per heavy atom. The Morgan fingerprint density at radius 1 is 1.10 bits per heavy atom. The molecule has 3 aromatic rings. The lowest BCUT2D eigenvalue weighted by Crippen LogP contribution is -2.48. The monoisotopic (exact) mass is 582 g/mol. The highest BCUT2D eigenvalue weighted by molar-refractivity contribution is 7.92. The van der Waals surface area contributed by atoms with Gasteiger partial charge in [-0.2, -0.15) is 4.31 Å². The molecular formula is C26H31BN6O5S2. The van der Waals surface area contributed by atoms with E-state index in [9.17, 15) is 16.8 Å². The third kappa shape index (κ3) is 6.63. The molecule has 40 heavy (non-hydrogen) atoms. The molecule has 0 spiro atoms. The highest BCUT2D eigenvalue weighted by Crippen LogP contribution is 2.30. The van der Waals surface area contributed by atoms with Crippen LogP contribution in [0, 0.1) is 0 Å². The maximum Gasteiger partial charge on any atom is 0.246 e. The molecule has 0 aliphatic carbocycles. The number of methoxy groups -OCH3 is 1. The first-order valence-electron chi connectivity index (χ1n) is 12.3. The molecule has 0 unspecified atom stereocenters. The second-order valence-electron chi connectivity index (χ2n) is 9.30. The number of nitrogens with two attached hydrogens (primary N) is 1. The fourth-order valence-corrected chi connectivity index (χ4v) is 6.44. The van der Waals surface area contributed by atoms with Gasteiger partial charge in [-0.3, -0.25) is 14.7 Å². The summed E-state index contributed by atoms with van der Waals surface area (Å²) in [5.41, 5.74) is 10.3. The van der Waals surface area contributed by atoms with E-state index in [1.165, 1.54) is 11.4 Å². The largest absolute Gasteiger partial charge is 0.495 e. The number of piperazine rings is 1. The Morgan fingerprint density at radius 3 is 2.45 bits per heavy atom. The van der Waals surface area contributed by atoms with Gasteiger partial charge in [0.15, 0.2) is 7.85 Å². The van der Waals surface area contributed by atoms with Gasteiger partial charge in [0.1, 0.15) is 10.6 Å². The molecule has 0 bridgehead atoms. The summed E-state index contributed by atoms with van der Waals surface area (Å²) < 4.78 is 58.8. The summed E-state index contributed by atoms with van der Waals surface area (Å²) in [5, 5.41) is 0. The first-order chi connectivity index (χ1) is 18.9. The minimum absolute atomic E-state index is 0.148. The number of aromatic nitrogens is 1. The third-order valence-electron chi connectivity index (χ3n) is 6.43. The smallest absolute Gasteiger partial charge is 0.246 e. The quantitative estimate of drug-likeness (QED) is 0.217. The van der Waals surface area contributed by atoms with Gasteiger partial charge < -0.3 is 15.4 Å². The predicted octanol–water partition coefficient (Wildman–Crippen LogP) is 1.19. The average Bonchev–Trinajstić information content (AvgIpc) is 2.92. The first kappa shape index (κ1) is 29.1. The van der Waals surface area contributed by atoms with Crippen LogP contribution in [0.15, 0.2) is 76.9 Å². The van der Waals surface area contributed by atoms with Crippen LogP contribution >= 0.6 is 0 Å². The molecule has 1 fully saturated rings. The summed E-state index contributed by atoms with van der Waals surface area (Å²) in [6.45, 7) is 5.60. The van der Waals surface area contributed by atoms with Crippen molar-refractivity contribution in [3.63, 3.8) is 0 Å². The number of nitrogens with one attached hydrogen (secondary N) is 1. The van der Waals surface area contributed by atoms with E-state index < -0.39 is 20.0 Å². The molecule has 210 valence electrons. The summed E-state index contributed by atoms with van der Waals surface area (Å²) in [5.74, 6) is 0.315. The van der Waals surface area contributed by atoms with E-state index in [4.69, 9.17) is 10.5 Å². The zero-order valence-corrected chi connectivity index (χ0v) is 24.2. The Labute approximate surface area is 235 Å². The van der Waals surface area contributed by atoms with E-state index in [-0.39, 0.29) is 4.90 Å². The first-order valence-corrected chi connectivity index (χ1v) is 15.7. The topological polar surface area (TPSA) is 147 Å². The molecule has 1 aliphatic rings. The van der Waals surface area contributed by atoms with Crippen LogP contribution in [-0.2, 0) is 20.0 Å². The number of benzene rings is 2. The standard InChI is InChI=1S/C26H31BN6O5S2/c1-18(32-10-12-33(13-11-32)40(36,37)25-7-5-4-6-24(25)38-2)16-29-22-9-8-19(14-21(22)28)20-15-23(26(27)30-17-20)31-39(3,34)35/h4-9,14-17,31H,1,10-13,27-28H2,2-3H3/b29-16-. The van der Waals surface area contributed by atoms with Gasteiger partial charge in [-0.25, -0.2) is 16.8 Å². The minimum Gasteiger partial charge on any atom is -0.495 e. The summed E-state index contributed by atoms with van der Waals surface area (Å²) in [7, 11) is -3.97. The lowest BCUT2D eigenvalue weighted by atomic mass is 9.98. The Bertz CT molecular complexity index is 1670. The molecule has 1 aromatic heterocycles. The van der Waals surface area contributed by atoms with Crippen molar-refractivity contribution >= 4 is 56.8 Å². The molecule has 14 heteroatoms. The Hall–Kier alpha value is -3.88.